The SMILES string of the molecule is CC(C)CC(C#N)C(=O)NC12CC3CC(CC(C3)C1)C2. The molecule has 3 nitrogen and oxygen atoms in total. The smallest absolute Gasteiger partial charge is 0.237 e. The summed E-state index contributed by atoms with van der Waals surface area (Å²) in [7, 11) is 0. The van der Waals surface area contributed by atoms with Gasteiger partial charge in [-0.2, -0.15) is 5.26 Å². The number of carbonyl (C=O) groups excluding carboxylic acids is 1. The van der Waals surface area contributed by atoms with Crippen LogP contribution in [0.25, 0.3) is 0 Å². The zero-order chi connectivity index (χ0) is 14.3. The summed E-state index contributed by atoms with van der Waals surface area (Å²) in [5, 5.41) is 12.6. The molecule has 110 valence electrons. The topological polar surface area (TPSA) is 52.9 Å². The van der Waals surface area contributed by atoms with Gasteiger partial charge in [-0.1, -0.05) is 13.8 Å². The Balaban J connectivity index is 1.68. The van der Waals surface area contributed by atoms with Crippen molar-refractivity contribution in [2.75, 3.05) is 0 Å². The average molecular weight is 274 g/mol. The minimum Gasteiger partial charge on any atom is -0.349 e. The lowest BCUT2D eigenvalue weighted by Gasteiger charge is -2.57. The molecule has 0 spiro atoms. The molecule has 1 amide bonds. The van der Waals surface area contributed by atoms with Gasteiger partial charge in [-0.05, 0) is 68.6 Å². The van der Waals surface area contributed by atoms with Gasteiger partial charge in [0.2, 0.25) is 5.91 Å². The summed E-state index contributed by atoms with van der Waals surface area (Å²) in [6.45, 7) is 4.14. The van der Waals surface area contributed by atoms with Gasteiger partial charge in [0, 0.05) is 5.54 Å². The minimum atomic E-state index is -0.469. The van der Waals surface area contributed by atoms with Gasteiger partial charge in [-0.3, -0.25) is 4.79 Å². The van der Waals surface area contributed by atoms with Crippen molar-refractivity contribution in [2.24, 2.45) is 29.6 Å². The van der Waals surface area contributed by atoms with Crippen LogP contribution in [0.15, 0.2) is 0 Å². The molecule has 0 aliphatic heterocycles. The van der Waals surface area contributed by atoms with Crippen LogP contribution in [0.5, 0.6) is 0 Å². The molecule has 0 saturated heterocycles. The Labute approximate surface area is 122 Å². The number of amides is 1. The van der Waals surface area contributed by atoms with Gasteiger partial charge >= 0.3 is 0 Å². The van der Waals surface area contributed by atoms with E-state index in [1.807, 2.05) is 0 Å². The van der Waals surface area contributed by atoms with Crippen LogP contribution in [-0.2, 0) is 4.79 Å². The highest BCUT2D eigenvalue weighted by molar-refractivity contribution is 5.81. The van der Waals surface area contributed by atoms with E-state index in [0.29, 0.717) is 12.3 Å². The van der Waals surface area contributed by atoms with E-state index >= 15 is 0 Å². The predicted octanol–water partition coefficient (Wildman–Crippen LogP) is 3.26. The average Bonchev–Trinajstić information content (AvgIpc) is 2.33. The Morgan fingerprint density at radius 2 is 1.70 bits per heavy atom. The fourth-order valence-electron chi connectivity index (χ4n) is 5.30. The summed E-state index contributed by atoms with van der Waals surface area (Å²) in [4.78, 5) is 12.5. The highest BCUT2D eigenvalue weighted by Crippen LogP contribution is 2.55. The summed E-state index contributed by atoms with van der Waals surface area (Å²) < 4.78 is 0. The molecule has 0 aromatic carbocycles. The lowest BCUT2D eigenvalue weighted by molar-refractivity contribution is -0.129. The third-order valence-electron chi connectivity index (χ3n) is 5.61. The molecule has 4 rings (SSSR count). The van der Waals surface area contributed by atoms with E-state index in [1.54, 1.807) is 0 Å². The monoisotopic (exact) mass is 274 g/mol. The van der Waals surface area contributed by atoms with Crippen LogP contribution < -0.4 is 5.32 Å². The highest BCUT2D eigenvalue weighted by atomic mass is 16.2. The first-order valence-corrected chi connectivity index (χ1v) is 8.21. The van der Waals surface area contributed by atoms with E-state index in [0.717, 1.165) is 37.0 Å². The summed E-state index contributed by atoms with van der Waals surface area (Å²) in [6.07, 6.45) is 8.28. The number of hydrogen-bond donors (Lipinski definition) is 1. The van der Waals surface area contributed by atoms with Gasteiger partial charge in [0.25, 0.3) is 0 Å². The maximum Gasteiger partial charge on any atom is 0.237 e. The van der Waals surface area contributed by atoms with Gasteiger partial charge in [0.1, 0.15) is 5.92 Å². The third kappa shape index (κ3) is 2.57. The molecule has 0 radical (unpaired) electrons. The van der Waals surface area contributed by atoms with Crippen molar-refractivity contribution in [1.82, 2.24) is 5.32 Å². The van der Waals surface area contributed by atoms with Crippen LogP contribution in [0, 0.1) is 40.9 Å². The molecule has 20 heavy (non-hydrogen) atoms. The number of carbonyl (C=O) groups is 1. The van der Waals surface area contributed by atoms with E-state index in [-0.39, 0.29) is 11.4 Å². The summed E-state index contributed by atoms with van der Waals surface area (Å²) in [5.41, 5.74) is 0.0396. The molecule has 1 atom stereocenters. The van der Waals surface area contributed by atoms with Crippen molar-refractivity contribution in [3.05, 3.63) is 0 Å². The maximum atomic E-state index is 12.5. The van der Waals surface area contributed by atoms with Gasteiger partial charge < -0.3 is 5.32 Å². The molecule has 0 aromatic rings. The van der Waals surface area contributed by atoms with Crippen molar-refractivity contribution < 1.29 is 4.79 Å². The number of nitrogens with zero attached hydrogens (tertiary/aromatic N) is 1. The normalized spacial score (nSPS) is 39.6. The summed E-state index contributed by atoms with van der Waals surface area (Å²) >= 11 is 0. The van der Waals surface area contributed by atoms with Crippen molar-refractivity contribution in [1.29, 1.82) is 5.26 Å². The van der Waals surface area contributed by atoms with Crippen LogP contribution in [0.2, 0.25) is 0 Å². The Morgan fingerprint density at radius 1 is 1.20 bits per heavy atom. The van der Waals surface area contributed by atoms with Crippen molar-refractivity contribution >= 4 is 5.91 Å². The van der Waals surface area contributed by atoms with E-state index in [4.69, 9.17) is 0 Å². The van der Waals surface area contributed by atoms with Crippen LogP contribution in [0.1, 0.15) is 58.8 Å². The van der Waals surface area contributed by atoms with Crippen molar-refractivity contribution in [2.45, 2.75) is 64.3 Å². The zero-order valence-corrected chi connectivity index (χ0v) is 12.7. The molecule has 4 saturated carbocycles. The Kier molecular flexibility index (Phi) is 3.52. The second kappa shape index (κ2) is 5.06. The second-order valence-electron chi connectivity index (χ2n) is 8.00. The van der Waals surface area contributed by atoms with E-state index in [9.17, 15) is 10.1 Å². The van der Waals surface area contributed by atoms with Gasteiger partial charge in [0.15, 0.2) is 0 Å². The van der Waals surface area contributed by atoms with Crippen LogP contribution in [0.3, 0.4) is 0 Å². The maximum absolute atomic E-state index is 12.5. The third-order valence-corrected chi connectivity index (χ3v) is 5.61. The molecule has 4 fully saturated rings. The zero-order valence-electron chi connectivity index (χ0n) is 12.7. The van der Waals surface area contributed by atoms with Crippen LogP contribution in [-0.4, -0.2) is 11.4 Å². The number of nitriles is 1. The fourth-order valence-corrected chi connectivity index (χ4v) is 5.30. The summed E-state index contributed by atoms with van der Waals surface area (Å²) in [5.74, 6) is 2.39. The van der Waals surface area contributed by atoms with Gasteiger partial charge in [0.05, 0.1) is 6.07 Å². The Hall–Kier alpha value is -1.04. The van der Waals surface area contributed by atoms with Crippen LogP contribution >= 0.6 is 0 Å². The van der Waals surface area contributed by atoms with Gasteiger partial charge in [-0.15, -0.1) is 0 Å². The van der Waals surface area contributed by atoms with E-state index in [1.165, 1.54) is 19.3 Å². The first-order valence-electron chi connectivity index (χ1n) is 8.21. The molecule has 3 heteroatoms. The standard InChI is InChI=1S/C17H26N2O/c1-11(2)3-15(10-18)16(20)19-17-7-12-4-13(8-17)6-14(5-12)9-17/h11-15H,3-9H2,1-2H3,(H,19,20). The molecular weight excluding hydrogens is 248 g/mol. The minimum absolute atomic E-state index is 0.0110. The predicted molar refractivity (Wildman–Crippen MR) is 77.6 cm³/mol. The first kappa shape index (κ1) is 13.9. The lowest BCUT2D eigenvalue weighted by Crippen LogP contribution is -2.60. The summed E-state index contributed by atoms with van der Waals surface area (Å²) in [6, 6.07) is 2.20. The molecule has 0 aromatic heterocycles. The quantitative estimate of drug-likeness (QED) is 0.855. The molecule has 1 unspecified atom stereocenters. The first-order chi connectivity index (χ1) is 9.49. The molecule has 4 aliphatic carbocycles. The number of hydrogen-bond acceptors (Lipinski definition) is 2. The van der Waals surface area contributed by atoms with E-state index < -0.39 is 5.92 Å². The van der Waals surface area contributed by atoms with Crippen LogP contribution in [0.4, 0.5) is 0 Å². The number of rotatable bonds is 4. The molecular formula is C17H26N2O. The van der Waals surface area contributed by atoms with Crippen molar-refractivity contribution in [3.63, 3.8) is 0 Å². The fraction of sp³-hybridized carbons (Fsp3) is 0.882. The van der Waals surface area contributed by atoms with Gasteiger partial charge in [-0.25, -0.2) is 0 Å². The molecule has 0 heterocycles. The van der Waals surface area contributed by atoms with Crippen molar-refractivity contribution in [3.8, 4) is 6.07 Å². The Bertz CT molecular complexity index is 399. The molecule has 1 N–H and O–H groups in total. The largest absolute Gasteiger partial charge is 0.349 e. The highest BCUT2D eigenvalue weighted by Gasteiger charge is 2.51. The van der Waals surface area contributed by atoms with E-state index in [2.05, 4.69) is 25.2 Å². The second-order valence-corrected chi connectivity index (χ2v) is 8.00. The Morgan fingerprint density at radius 3 is 2.10 bits per heavy atom. The molecule has 4 aliphatic rings. The lowest BCUT2D eigenvalue weighted by atomic mass is 9.53. The molecule has 4 bridgehead atoms. The number of nitrogens with one attached hydrogen (secondary N) is 1.